The second-order valence-electron chi connectivity index (χ2n) is 5.18. The fourth-order valence-corrected chi connectivity index (χ4v) is 3.01. The summed E-state index contributed by atoms with van der Waals surface area (Å²) >= 11 is 0. The van der Waals surface area contributed by atoms with Crippen LogP contribution >= 0.6 is 0 Å². The zero-order chi connectivity index (χ0) is 13.9. The Balaban J connectivity index is 0.000000637. The molecule has 1 N–H and O–H groups in total. The summed E-state index contributed by atoms with van der Waals surface area (Å²) in [5.41, 5.74) is 1.00. The molecule has 1 heterocycles. The first-order valence-corrected chi connectivity index (χ1v) is 7.18. The van der Waals surface area contributed by atoms with Crippen LogP contribution < -0.4 is 4.74 Å². The number of ether oxygens (including phenoxy) is 1. The van der Waals surface area contributed by atoms with Gasteiger partial charge >= 0.3 is 5.97 Å². The van der Waals surface area contributed by atoms with Gasteiger partial charge in [-0.25, -0.2) is 0 Å². The number of para-hydroxylation sites is 1. The van der Waals surface area contributed by atoms with E-state index in [0.717, 1.165) is 30.6 Å². The van der Waals surface area contributed by atoms with Crippen molar-refractivity contribution in [2.75, 3.05) is 0 Å². The molecule has 3 heteroatoms. The predicted molar refractivity (Wildman–Crippen MR) is 74.6 cm³/mol. The number of carbonyl (C=O) groups is 1. The molecule has 1 aromatic carbocycles. The van der Waals surface area contributed by atoms with Gasteiger partial charge in [-0.05, 0) is 37.3 Å². The van der Waals surface area contributed by atoms with Crippen molar-refractivity contribution < 1.29 is 14.6 Å². The number of hydrogen-bond donors (Lipinski definition) is 1. The lowest BCUT2D eigenvalue weighted by molar-refractivity contribution is -0.138. The van der Waals surface area contributed by atoms with Crippen molar-refractivity contribution in [1.82, 2.24) is 0 Å². The van der Waals surface area contributed by atoms with E-state index in [1.54, 1.807) is 0 Å². The molecule has 1 fully saturated rings. The molecule has 1 saturated carbocycles. The van der Waals surface area contributed by atoms with E-state index in [-0.39, 0.29) is 17.9 Å². The molecule has 0 saturated heterocycles. The van der Waals surface area contributed by atoms with Gasteiger partial charge in [-0.15, -0.1) is 0 Å². The number of fused-ring (bicyclic) bond motifs is 1. The van der Waals surface area contributed by atoms with E-state index in [1.165, 1.54) is 6.42 Å². The summed E-state index contributed by atoms with van der Waals surface area (Å²) in [5, 5.41) is 9.01. The number of hydrogen-bond acceptors (Lipinski definition) is 2. The van der Waals surface area contributed by atoms with Crippen LogP contribution in [0, 0.1) is 0 Å². The fraction of sp³-hybridized carbons (Fsp3) is 0.562. The molecule has 1 aromatic rings. The van der Waals surface area contributed by atoms with Gasteiger partial charge in [0.25, 0.3) is 0 Å². The first-order valence-electron chi connectivity index (χ1n) is 7.18. The van der Waals surface area contributed by atoms with Gasteiger partial charge < -0.3 is 9.84 Å². The van der Waals surface area contributed by atoms with Crippen LogP contribution in [0.4, 0.5) is 0 Å². The lowest BCUT2D eigenvalue weighted by Gasteiger charge is -2.47. The van der Waals surface area contributed by atoms with Gasteiger partial charge in [-0.1, -0.05) is 32.0 Å². The van der Waals surface area contributed by atoms with Crippen molar-refractivity contribution >= 4 is 5.97 Å². The quantitative estimate of drug-likeness (QED) is 0.877. The van der Waals surface area contributed by atoms with Crippen LogP contribution in [0.5, 0.6) is 5.75 Å². The lowest BCUT2D eigenvalue weighted by atomic mass is 9.70. The van der Waals surface area contributed by atoms with Crippen LogP contribution in [0.1, 0.15) is 57.4 Å². The van der Waals surface area contributed by atoms with E-state index in [1.807, 2.05) is 38.1 Å². The third kappa shape index (κ3) is 2.75. The van der Waals surface area contributed by atoms with Crippen molar-refractivity contribution in [3.8, 4) is 5.75 Å². The summed E-state index contributed by atoms with van der Waals surface area (Å²) in [4.78, 5) is 11.0. The summed E-state index contributed by atoms with van der Waals surface area (Å²) in [6.45, 7) is 4.00. The molecular weight excluding hydrogens is 240 g/mol. The molecule has 1 atom stereocenters. The Morgan fingerprint density at radius 1 is 1.37 bits per heavy atom. The highest BCUT2D eigenvalue weighted by molar-refractivity contribution is 5.68. The van der Waals surface area contributed by atoms with Crippen molar-refractivity contribution in [3.05, 3.63) is 29.8 Å². The second-order valence-corrected chi connectivity index (χ2v) is 5.18. The Hall–Kier alpha value is -1.51. The molecule has 0 bridgehead atoms. The monoisotopic (exact) mass is 262 g/mol. The van der Waals surface area contributed by atoms with Crippen molar-refractivity contribution in [3.63, 3.8) is 0 Å². The molecule has 1 aliphatic carbocycles. The van der Waals surface area contributed by atoms with E-state index in [4.69, 9.17) is 9.84 Å². The first kappa shape index (κ1) is 13.9. The normalized spacial score (nSPS) is 22.3. The molecule has 19 heavy (non-hydrogen) atoms. The number of carboxylic acids is 1. The fourth-order valence-electron chi connectivity index (χ4n) is 3.01. The van der Waals surface area contributed by atoms with E-state index >= 15 is 0 Å². The Bertz CT molecular complexity index is 449. The first-order chi connectivity index (χ1) is 9.19. The Labute approximate surface area is 114 Å². The minimum Gasteiger partial charge on any atom is -0.487 e. The summed E-state index contributed by atoms with van der Waals surface area (Å²) < 4.78 is 6.07. The van der Waals surface area contributed by atoms with Crippen molar-refractivity contribution in [1.29, 1.82) is 0 Å². The smallest absolute Gasteiger partial charge is 0.303 e. The lowest BCUT2D eigenvalue weighted by Crippen LogP contribution is -2.47. The second kappa shape index (κ2) is 5.64. The Kier molecular flexibility index (Phi) is 4.13. The molecule has 0 aromatic heterocycles. The van der Waals surface area contributed by atoms with Gasteiger partial charge in [0.05, 0.1) is 6.42 Å². The maximum absolute atomic E-state index is 11.0. The van der Waals surface area contributed by atoms with E-state index in [2.05, 4.69) is 0 Å². The van der Waals surface area contributed by atoms with Crippen LogP contribution in [-0.2, 0) is 4.79 Å². The Morgan fingerprint density at radius 3 is 2.63 bits per heavy atom. The van der Waals surface area contributed by atoms with Gasteiger partial charge in [0.15, 0.2) is 0 Å². The molecule has 2 aliphatic rings. The maximum Gasteiger partial charge on any atom is 0.303 e. The molecular formula is C16H22O3. The highest BCUT2D eigenvalue weighted by Crippen LogP contribution is 2.50. The van der Waals surface area contributed by atoms with Crippen LogP contribution in [0.3, 0.4) is 0 Å². The van der Waals surface area contributed by atoms with E-state index < -0.39 is 5.97 Å². The van der Waals surface area contributed by atoms with Crippen LogP contribution in [0.25, 0.3) is 0 Å². The highest BCUT2D eigenvalue weighted by Gasteiger charge is 2.45. The third-order valence-corrected chi connectivity index (χ3v) is 3.99. The number of rotatable bonds is 2. The zero-order valence-electron chi connectivity index (χ0n) is 11.7. The molecule has 3 nitrogen and oxygen atoms in total. The van der Waals surface area contributed by atoms with Crippen LogP contribution in [0.2, 0.25) is 0 Å². The predicted octanol–water partition coefficient (Wildman–Crippen LogP) is 3.98. The summed E-state index contributed by atoms with van der Waals surface area (Å²) in [7, 11) is 0. The standard InChI is InChI=1S/C14H16O3.C2H6/c15-13(16)8-10-9-14(6-3-7-14)17-12-5-2-1-4-11(10)12;1-2/h1-2,4-5,10H,3,6-9H2,(H,15,16);1-2H3. The van der Waals surface area contributed by atoms with Gasteiger partial charge in [0.2, 0.25) is 0 Å². The van der Waals surface area contributed by atoms with Gasteiger partial charge in [0.1, 0.15) is 11.4 Å². The molecule has 0 radical (unpaired) electrons. The largest absolute Gasteiger partial charge is 0.487 e. The Morgan fingerprint density at radius 2 is 2.05 bits per heavy atom. The number of carboxylic acid groups (broad SMARTS) is 1. The molecule has 0 amide bonds. The molecule has 104 valence electrons. The van der Waals surface area contributed by atoms with Crippen LogP contribution in [-0.4, -0.2) is 16.7 Å². The summed E-state index contributed by atoms with van der Waals surface area (Å²) in [6.07, 6.45) is 4.40. The van der Waals surface area contributed by atoms with E-state index in [0.29, 0.717) is 0 Å². The molecule has 1 aliphatic heterocycles. The SMILES string of the molecule is CC.O=C(O)CC1CC2(CCC2)Oc2ccccc21. The summed E-state index contributed by atoms with van der Waals surface area (Å²) in [5.74, 6) is 0.281. The number of aliphatic carboxylic acids is 1. The molecule has 1 unspecified atom stereocenters. The average Bonchev–Trinajstić information content (AvgIpc) is 2.38. The maximum atomic E-state index is 11.0. The topological polar surface area (TPSA) is 46.5 Å². The van der Waals surface area contributed by atoms with Crippen LogP contribution in [0.15, 0.2) is 24.3 Å². The third-order valence-electron chi connectivity index (χ3n) is 3.99. The minimum absolute atomic E-state index is 0.0610. The van der Waals surface area contributed by atoms with Gasteiger partial charge in [-0.3, -0.25) is 4.79 Å². The number of benzene rings is 1. The highest BCUT2D eigenvalue weighted by atomic mass is 16.5. The molecule has 3 rings (SSSR count). The van der Waals surface area contributed by atoms with Crippen molar-refractivity contribution in [2.45, 2.75) is 57.5 Å². The van der Waals surface area contributed by atoms with E-state index in [9.17, 15) is 4.79 Å². The summed E-state index contributed by atoms with van der Waals surface area (Å²) in [6, 6.07) is 7.86. The minimum atomic E-state index is -0.721. The van der Waals surface area contributed by atoms with Gasteiger partial charge in [0, 0.05) is 5.92 Å². The van der Waals surface area contributed by atoms with Gasteiger partial charge in [-0.2, -0.15) is 0 Å². The zero-order valence-corrected chi connectivity index (χ0v) is 11.7. The van der Waals surface area contributed by atoms with Crippen molar-refractivity contribution in [2.24, 2.45) is 0 Å². The molecule has 1 spiro atoms. The average molecular weight is 262 g/mol.